The van der Waals surface area contributed by atoms with Crippen molar-refractivity contribution in [3.05, 3.63) is 65.3 Å². The summed E-state index contributed by atoms with van der Waals surface area (Å²) < 4.78 is 49.0. The van der Waals surface area contributed by atoms with Gasteiger partial charge >= 0.3 is 5.97 Å². The number of hydrogen-bond donors (Lipinski definition) is 0. The predicted molar refractivity (Wildman–Crippen MR) is 175 cm³/mol. The van der Waals surface area contributed by atoms with E-state index in [0.717, 1.165) is 35.7 Å². The van der Waals surface area contributed by atoms with E-state index >= 15 is 0 Å². The molecule has 1 aromatic carbocycles. The number of hydrogen-bond acceptors (Lipinski definition) is 12. The second-order valence-electron chi connectivity index (χ2n) is 10.9. The quantitative estimate of drug-likeness (QED) is 0.110. The van der Waals surface area contributed by atoms with Crippen LogP contribution in [0.5, 0.6) is 0 Å². The van der Waals surface area contributed by atoms with E-state index in [-0.39, 0.29) is 70.1 Å². The zero-order valence-corrected chi connectivity index (χ0v) is 27.6. The van der Waals surface area contributed by atoms with Gasteiger partial charge in [-0.3, -0.25) is 23.6 Å². The summed E-state index contributed by atoms with van der Waals surface area (Å²) in [4.78, 5) is 46.8. The Morgan fingerprint density at radius 2 is 1.66 bits per heavy atom. The number of nitrogens with zero attached hydrogens (tertiary/aromatic N) is 4. The molecule has 15 heteroatoms. The van der Waals surface area contributed by atoms with Gasteiger partial charge in [0.2, 0.25) is 5.91 Å². The summed E-state index contributed by atoms with van der Waals surface area (Å²) in [6.07, 6.45) is 7.65. The molecule has 256 valence electrons. The van der Waals surface area contributed by atoms with Crippen molar-refractivity contribution in [2.24, 2.45) is 5.92 Å². The van der Waals surface area contributed by atoms with Gasteiger partial charge < -0.3 is 33.3 Å². The van der Waals surface area contributed by atoms with Crippen LogP contribution in [0.25, 0.3) is 10.8 Å². The molecule has 3 aromatic rings. The maximum absolute atomic E-state index is 14.2. The topological polar surface area (TPSA) is 156 Å². The van der Waals surface area contributed by atoms with Gasteiger partial charge in [-0.1, -0.05) is 24.3 Å². The Hall–Kier alpha value is -3.89. The highest BCUT2D eigenvalue weighted by Crippen LogP contribution is 2.30. The third kappa shape index (κ3) is 11.1. The Kier molecular flexibility index (Phi) is 13.7. The van der Waals surface area contributed by atoms with Crippen LogP contribution in [0.15, 0.2) is 59.8 Å². The fourth-order valence-corrected chi connectivity index (χ4v) is 5.66. The molecular weight excluding hydrogens is 632 g/mol. The Morgan fingerprint density at radius 3 is 2.38 bits per heavy atom. The van der Waals surface area contributed by atoms with E-state index in [1.807, 2.05) is 30.6 Å². The van der Waals surface area contributed by atoms with Crippen LogP contribution >= 0.6 is 0 Å². The first-order valence-corrected chi connectivity index (χ1v) is 17.2. The molecular formula is C32H42N4O10S. The Labute approximate surface area is 274 Å². The Morgan fingerprint density at radius 1 is 0.957 bits per heavy atom. The first-order chi connectivity index (χ1) is 22.7. The first kappa shape index (κ1) is 36.0. The number of amides is 1. The van der Waals surface area contributed by atoms with Crippen LogP contribution in [0, 0.1) is 5.92 Å². The van der Waals surface area contributed by atoms with Crippen LogP contribution < -0.4 is 15.4 Å². The number of carbonyl (C=O) groups is 2. The summed E-state index contributed by atoms with van der Waals surface area (Å²) >= 11 is 0. The van der Waals surface area contributed by atoms with Crippen LogP contribution in [0.3, 0.4) is 0 Å². The van der Waals surface area contributed by atoms with E-state index in [9.17, 15) is 22.8 Å². The van der Waals surface area contributed by atoms with Crippen LogP contribution in [-0.4, -0.2) is 109 Å². The SMILES string of the molecule is COC(=O)Cn1cc(N(CCOCCOCCOCCOS(C)(=O)=O)C(=O)[C@H]2CCCN(c3cncc4ccccc34)C2)ccc1=O. The minimum atomic E-state index is -3.49. The van der Waals surface area contributed by atoms with Crippen molar-refractivity contribution in [3.8, 4) is 0 Å². The minimum absolute atomic E-state index is 0.0589. The average molecular weight is 675 g/mol. The lowest BCUT2D eigenvalue weighted by Crippen LogP contribution is -2.46. The Balaban J connectivity index is 1.37. The van der Waals surface area contributed by atoms with Gasteiger partial charge in [-0.15, -0.1) is 0 Å². The fraction of sp³-hybridized carbons (Fsp3) is 0.500. The van der Waals surface area contributed by atoms with Gasteiger partial charge in [0.05, 0.1) is 83.1 Å². The van der Waals surface area contributed by atoms with Gasteiger partial charge in [-0.2, -0.15) is 8.42 Å². The molecule has 1 amide bonds. The number of rotatable bonds is 18. The lowest BCUT2D eigenvalue weighted by Gasteiger charge is -2.36. The van der Waals surface area contributed by atoms with E-state index in [1.165, 1.54) is 23.9 Å². The molecule has 0 N–H and O–H groups in total. The average Bonchev–Trinajstić information content (AvgIpc) is 3.07. The number of benzene rings is 1. The lowest BCUT2D eigenvalue weighted by atomic mass is 9.95. The van der Waals surface area contributed by atoms with Crippen molar-refractivity contribution < 1.29 is 41.1 Å². The fourth-order valence-electron chi connectivity index (χ4n) is 5.28. The summed E-state index contributed by atoms with van der Waals surface area (Å²) in [5.41, 5.74) is 1.06. The number of ether oxygens (including phenoxy) is 4. The van der Waals surface area contributed by atoms with Crippen LogP contribution in [0.4, 0.5) is 11.4 Å². The van der Waals surface area contributed by atoms with Gasteiger partial charge in [-0.05, 0) is 18.9 Å². The first-order valence-electron chi connectivity index (χ1n) is 15.4. The van der Waals surface area contributed by atoms with Crippen LogP contribution in [0.2, 0.25) is 0 Å². The van der Waals surface area contributed by atoms with Crippen molar-refractivity contribution in [1.82, 2.24) is 9.55 Å². The maximum atomic E-state index is 14.2. The van der Waals surface area contributed by atoms with Gasteiger partial charge in [0.25, 0.3) is 15.7 Å². The van der Waals surface area contributed by atoms with Crippen LogP contribution in [0.1, 0.15) is 12.8 Å². The summed E-state index contributed by atoms with van der Waals surface area (Å²) in [6, 6.07) is 10.9. The molecule has 0 radical (unpaired) electrons. The van der Waals surface area contributed by atoms with Gasteiger partial charge in [-0.25, -0.2) is 0 Å². The molecule has 1 aliphatic rings. The smallest absolute Gasteiger partial charge is 0.325 e. The van der Waals surface area contributed by atoms with Gasteiger partial charge in [0.1, 0.15) is 6.54 Å². The number of piperidine rings is 1. The standard InChI is InChI=1S/C32H42N4O10S/c1-42-31(38)24-35-23-27(9-10-30(35)37)36(12-13-43-14-15-44-16-17-45-18-19-46-47(2,40)41)32(39)26-7-5-11-34(22-26)29-21-33-20-25-6-3-4-8-28(25)29/h3-4,6,8-10,20-21,23,26H,5,7,11-19,22,24H2,1-2H3/t26-/m0/s1. The zero-order valence-electron chi connectivity index (χ0n) is 26.7. The summed E-state index contributed by atoms with van der Waals surface area (Å²) in [6.45, 7) is 2.62. The third-order valence-electron chi connectivity index (χ3n) is 7.56. The van der Waals surface area contributed by atoms with Crippen molar-refractivity contribution in [2.45, 2.75) is 19.4 Å². The summed E-state index contributed by atoms with van der Waals surface area (Å²) in [7, 11) is -2.24. The second-order valence-corrected chi connectivity index (χ2v) is 12.6. The van der Waals surface area contributed by atoms with E-state index in [1.54, 1.807) is 11.0 Å². The number of methoxy groups -OCH3 is 1. The molecule has 0 saturated carbocycles. The third-order valence-corrected chi connectivity index (χ3v) is 8.15. The molecule has 0 bridgehead atoms. The lowest BCUT2D eigenvalue weighted by molar-refractivity contribution is -0.141. The van der Waals surface area contributed by atoms with E-state index in [0.29, 0.717) is 25.3 Å². The largest absolute Gasteiger partial charge is 0.468 e. The molecule has 0 aliphatic carbocycles. The number of aromatic nitrogens is 2. The van der Waals surface area contributed by atoms with E-state index in [4.69, 9.17) is 18.9 Å². The molecule has 1 fully saturated rings. The molecule has 2 aromatic heterocycles. The van der Waals surface area contributed by atoms with Crippen molar-refractivity contribution >= 4 is 44.1 Å². The normalized spacial score (nSPS) is 15.1. The second kappa shape index (κ2) is 17.9. The molecule has 1 saturated heterocycles. The summed E-state index contributed by atoms with van der Waals surface area (Å²) in [5, 5.41) is 2.10. The van der Waals surface area contributed by atoms with E-state index < -0.39 is 16.1 Å². The number of carbonyl (C=O) groups excluding carboxylic acids is 2. The van der Waals surface area contributed by atoms with Gasteiger partial charge in [0, 0.05) is 48.9 Å². The molecule has 14 nitrogen and oxygen atoms in total. The zero-order chi connectivity index (χ0) is 33.6. The van der Waals surface area contributed by atoms with Crippen LogP contribution in [-0.2, 0) is 49.4 Å². The number of fused-ring (bicyclic) bond motifs is 1. The number of esters is 1. The molecule has 0 unspecified atom stereocenters. The highest BCUT2D eigenvalue weighted by molar-refractivity contribution is 7.85. The number of anilines is 2. The molecule has 0 spiro atoms. The highest BCUT2D eigenvalue weighted by atomic mass is 32.2. The van der Waals surface area contributed by atoms with Gasteiger partial charge in [0.15, 0.2) is 0 Å². The van der Waals surface area contributed by atoms with Crippen molar-refractivity contribution in [3.63, 3.8) is 0 Å². The van der Waals surface area contributed by atoms with Crippen molar-refractivity contribution in [2.75, 3.05) is 89.0 Å². The molecule has 47 heavy (non-hydrogen) atoms. The Bertz CT molecular complexity index is 1640. The number of pyridine rings is 2. The molecule has 1 atom stereocenters. The van der Waals surface area contributed by atoms with E-state index in [2.05, 4.69) is 20.1 Å². The summed E-state index contributed by atoms with van der Waals surface area (Å²) in [5.74, 6) is -1.01. The minimum Gasteiger partial charge on any atom is -0.468 e. The maximum Gasteiger partial charge on any atom is 0.325 e. The molecule has 3 heterocycles. The highest BCUT2D eigenvalue weighted by Gasteiger charge is 2.31. The molecule has 1 aliphatic heterocycles. The molecule has 4 rings (SSSR count). The monoisotopic (exact) mass is 674 g/mol. The van der Waals surface area contributed by atoms with Crippen molar-refractivity contribution in [1.29, 1.82) is 0 Å². The predicted octanol–water partition coefficient (Wildman–Crippen LogP) is 1.85.